The summed E-state index contributed by atoms with van der Waals surface area (Å²) in [5, 5.41) is 2.99. The van der Waals surface area contributed by atoms with Crippen LogP contribution in [0.15, 0.2) is 24.3 Å². The number of hydrogen-bond donors (Lipinski definition) is 1. The molecule has 1 aliphatic rings. The summed E-state index contributed by atoms with van der Waals surface area (Å²) in [4.78, 5) is 27.8. The number of thioether (sulfide) groups is 1. The van der Waals surface area contributed by atoms with Crippen LogP contribution in [0.4, 0.5) is 0 Å². The van der Waals surface area contributed by atoms with Crippen LogP contribution in [0.5, 0.6) is 0 Å². The molecule has 1 heterocycles. The Morgan fingerprint density at radius 1 is 1.28 bits per heavy atom. The topological polar surface area (TPSA) is 49.4 Å². The molecule has 138 valence electrons. The molecule has 1 N–H and O–H groups in total. The summed E-state index contributed by atoms with van der Waals surface area (Å²) >= 11 is 1.71. The molecule has 2 amide bonds. The Kier molecular flexibility index (Phi) is 6.55. The predicted octanol–water partition coefficient (Wildman–Crippen LogP) is 3.84. The van der Waals surface area contributed by atoms with Gasteiger partial charge in [-0.3, -0.25) is 9.59 Å². The van der Waals surface area contributed by atoms with E-state index >= 15 is 0 Å². The molecule has 1 fully saturated rings. The number of rotatable bonds is 5. The van der Waals surface area contributed by atoms with Crippen LogP contribution < -0.4 is 5.32 Å². The van der Waals surface area contributed by atoms with E-state index in [1.807, 2.05) is 36.1 Å². The second-order valence-corrected chi connectivity index (χ2v) is 8.85. The van der Waals surface area contributed by atoms with E-state index in [0.717, 1.165) is 18.4 Å². The molecule has 5 heteroatoms. The maximum absolute atomic E-state index is 13.3. The molecule has 1 aliphatic heterocycles. The average Bonchev–Trinajstić information content (AvgIpc) is 3.00. The highest BCUT2D eigenvalue weighted by Crippen LogP contribution is 2.41. The fourth-order valence-corrected chi connectivity index (χ4v) is 4.66. The summed E-state index contributed by atoms with van der Waals surface area (Å²) in [6.45, 7) is 11.1. The highest BCUT2D eigenvalue weighted by Gasteiger charge is 2.46. The van der Waals surface area contributed by atoms with Gasteiger partial charge in [-0.25, -0.2) is 0 Å². The molecular weight excluding hydrogens is 332 g/mol. The lowest BCUT2D eigenvalue weighted by Crippen LogP contribution is -2.52. The lowest BCUT2D eigenvalue weighted by Gasteiger charge is -2.36. The SMILES string of the molecule is CCCCNC(=O)[C@@H]1CS[C@@H](C(C)(C)C)N1C(=O)c1ccccc1C. The fourth-order valence-electron chi connectivity index (χ4n) is 3.08. The Labute approximate surface area is 155 Å². The zero-order valence-corrected chi connectivity index (χ0v) is 16.8. The monoisotopic (exact) mass is 362 g/mol. The third-order valence-corrected chi connectivity index (χ3v) is 6.24. The van der Waals surface area contributed by atoms with Gasteiger partial charge in [-0.05, 0) is 30.4 Å². The van der Waals surface area contributed by atoms with E-state index < -0.39 is 6.04 Å². The van der Waals surface area contributed by atoms with Gasteiger partial charge < -0.3 is 10.2 Å². The molecule has 0 aliphatic carbocycles. The zero-order chi connectivity index (χ0) is 18.6. The van der Waals surface area contributed by atoms with Gasteiger partial charge in [-0.2, -0.15) is 0 Å². The van der Waals surface area contributed by atoms with E-state index in [1.54, 1.807) is 11.8 Å². The van der Waals surface area contributed by atoms with Crippen molar-refractivity contribution in [3.8, 4) is 0 Å². The number of hydrogen-bond acceptors (Lipinski definition) is 3. The van der Waals surface area contributed by atoms with Crippen LogP contribution in [0, 0.1) is 12.3 Å². The Bertz CT molecular complexity index is 624. The number of carbonyl (C=O) groups excluding carboxylic acids is 2. The first-order chi connectivity index (χ1) is 11.8. The van der Waals surface area contributed by atoms with E-state index in [-0.39, 0.29) is 22.6 Å². The highest BCUT2D eigenvalue weighted by atomic mass is 32.2. The third kappa shape index (κ3) is 4.57. The van der Waals surface area contributed by atoms with E-state index in [1.165, 1.54) is 0 Å². The fraction of sp³-hybridized carbons (Fsp3) is 0.600. The van der Waals surface area contributed by atoms with Crippen molar-refractivity contribution in [2.45, 2.75) is 58.9 Å². The van der Waals surface area contributed by atoms with Gasteiger partial charge in [0.05, 0.1) is 5.37 Å². The van der Waals surface area contributed by atoms with Gasteiger partial charge in [0.15, 0.2) is 0 Å². The van der Waals surface area contributed by atoms with Crippen LogP contribution in [0.25, 0.3) is 0 Å². The molecule has 0 unspecified atom stereocenters. The first kappa shape index (κ1) is 19.8. The Balaban J connectivity index is 2.29. The van der Waals surface area contributed by atoms with Crippen molar-refractivity contribution in [2.24, 2.45) is 5.41 Å². The van der Waals surface area contributed by atoms with Crippen LogP contribution in [0.2, 0.25) is 0 Å². The summed E-state index contributed by atoms with van der Waals surface area (Å²) in [5.74, 6) is 0.575. The number of nitrogens with zero attached hydrogens (tertiary/aromatic N) is 1. The van der Waals surface area contributed by atoms with Crippen LogP contribution in [-0.4, -0.2) is 40.4 Å². The second-order valence-electron chi connectivity index (χ2n) is 7.74. The number of carbonyl (C=O) groups is 2. The van der Waals surface area contributed by atoms with Crippen LogP contribution in [0.1, 0.15) is 56.5 Å². The first-order valence-electron chi connectivity index (χ1n) is 9.05. The maximum atomic E-state index is 13.3. The number of benzene rings is 1. The number of unbranched alkanes of at least 4 members (excludes halogenated alkanes) is 1. The molecule has 1 aromatic carbocycles. The molecule has 0 spiro atoms. The van der Waals surface area contributed by atoms with Crippen molar-refractivity contribution in [2.75, 3.05) is 12.3 Å². The van der Waals surface area contributed by atoms with Gasteiger partial charge in [0.1, 0.15) is 6.04 Å². The van der Waals surface area contributed by atoms with E-state index in [9.17, 15) is 9.59 Å². The van der Waals surface area contributed by atoms with Crippen molar-refractivity contribution in [1.82, 2.24) is 10.2 Å². The molecule has 0 saturated carbocycles. The molecule has 0 bridgehead atoms. The van der Waals surface area contributed by atoms with Crippen LogP contribution in [-0.2, 0) is 4.79 Å². The normalized spacial score (nSPS) is 20.6. The van der Waals surface area contributed by atoms with Gasteiger partial charge >= 0.3 is 0 Å². The van der Waals surface area contributed by atoms with Crippen molar-refractivity contribution in [3.63, 3.8) is 0 Å². The van der Waals surface area contributed by atoms with Gasteiger partial charge in [0.2, 0.25) is 5.91 Å². The summed E-state index contributed by atoms with van der Waals surface area (Å²) in [6.07, 6.45) is 2.00. The van der Waals surface area contributed by atoms with Crippen LogP contribution >= 0.6 is 11.8 Å². The minimum Gasteiger partial charge on any atom is -0.354 e. The Morgan fingerprint density at radius 3 is 2.56 bits per heavy atom. The molecule has 0 aromatic heterocycles. The highest BCUT2D eigenvalue weighted by molar-refractivity contribution is 8.00. The lowest BCUT2D eigenvalue weighted by molar-refractivity contribution is -0.125. The maximum Gasteiger partial charge on any atom is 0.255 e. The Hall–Kier alpha value is -1.49. The largest absolute Gasteiger partial charge is 0.354 e. The molecule has 1 saturated heterocycles. The molecule has 1 aromatic rings. The summed E-state index contributed by atoms with van der Waals surface area (Å²) in [6, 6.07) is 7.20. The number of nitrogens with one attached hydrogen (secondary N) is 1. The molecule has 2 atom stereocenters. The molecule has 2 rings (SSSR count). The van der Waals surface area contributed by atoms with Crippen molar-refractivity contribution in [3.05, 3.63) is 35.4 Å². The van der Waals surface area contributed by atoms with Gasteiger partial charge in [-0.1, -0.05) is 52.3 Å². The summed E-state index contributed by atoms with van der Waals surface area (Å²) < 4.78 is 0. The van der Waals surface area contributed by atoms with E-state index in [0.29, 0.717) is 17.9 Å². The van der Waals surface area contributed by atoms with Gasteiger partial charge in [0.25, 0.3) is 5.91 Å². The van der Waals surface area contributed by atoms with Gasteiger partial charge in [-0.15, -0.1) is 11.8 Å². The lowest BCUT2D eigenvalue weighted by atomic mass is 9.94. The number of amides is 2. The summed E-state index contributed by atoms with van der Waals surface area (Å²) in [7, 11) is 0. The molecule has 0 radical (unpaired) electrons. The van der Waals surface area contributed by atoms with Gasteiger partial charge in [0, 0.05) is 17.9 Å². The van der Waals surface area contributed by atoms with E-state index in [4.69, 9.17) is 0 Å². The smallest absolute Gasteiger partial charge is 0.255 e. The standard InChI is InChI=1S/C20H30N2O2S/c1-6-7-12-21-17(23)16-13-25-19(20(3,4)5)22(16)18(24)15-11-9-8-10-14(15)2/h8-11,16,19H,6-7,12-13H2,1-5H3,(H,21,23)/t16-,19-/m0/s1. The minimum atomic E-state index is -0.404. The van der Waals surface area contributed by atoms with Crippen molar-refractivity contribution >= 4 is 23.6 Å². The summed E-state index contributed by atoms with van der Waals surface area (Å²) in [5.41, 5.74) is 1.54. The second kappa shape index (κ2) is 8.26. The minimum absolute atomic E-state index is 0.0125. The molecule has 4 nitrogen and oxygen atoms in total. The zero-order valence-electron chi connectivity index (χ0n) is 16.0. The van der Waals surface area contributed by atoms with Crippen molar-refractivity contribution in [1.29, 1.82) is 0 Å². The van der Waals surface area contributed by atoms with E-state index in [2.05, 4.69) is 33.0 Å². The third-order valence-electron chi connectivity index (χ3n) is 4.48. The van der Waals surface area contributed by atoms with Crippen molar-refractivity contribution < 1.29 is 9.59 Å². The first-order valence-corrected chi connectivity index (χ1v) is 10.1. The predicted molar refractivity (Wildman–Crippen MR) is 105 cm³/mol. The Morgan fingerprint density at radius 2 is 1.96 bits per heavy atom. The van der Waals surface area contributed by atoms with Crippen LogP contribution in [0.3, 0.4) is 0 Å². The molecular formula is C20H30N2O2S. The average molecular weight is 363 g/mol. The number of aryl methyl sites for hydroxylation is 1. The quantitative estimate of drug-likeness (QED) is 0.810. The molecule has 25 heavy (non-hydrogen) atoms.